The van der Waals surface area contributed by atoms with Gasteiger partial charge in [0.15, 0.2) is 0 Å². The monoisotopic (exact) mass is 413 g/mol. The third-order valence-electron chi connectivity index (χ3n) is 3.08. The number of hydrogen-bond donors (Lipinski definition) is 1. The number of anilines is 1. The third kappa shape index (κ3) is 2.50. The van der Waals surface area contributed by atoms with E-state index in [1.807, 2.05) is 12.1 Å². The molecule has 1 aromatic carbocycles. The first-order chi connectivity index (χ1) is 8.36. The zero-order chi connectivity index (χ0) is 11.7. The van der Waals surface area contributed by atoms with Crippen molar-refractivity contribution in [3.63, 3.8) is 0 Å². The fourth-order valence-electron chi connectivity index (χ4n) is 2.20. The van der Waals surface area contributed by atoms with Gasteiger partial charge in [-0.05, 0) is 18.2 Å². The van der Waals surface area contributed by atoms with E-state index in [1.54, 1.807) is 12.4 Å². The summed E-state index contributed by atoms with van der Waals surface area (Å²) in [5, 5.41) is 4.28. The molecule has 0 aliphatic carbocycles. The van der Waals surface area contributed by atoms with Crippen LogP contribution < -0.4 is 10.2 Å². The van der Waals surface area contributed by atoms with E-state index in [2.05, 4.69) is 16.3 Å². The number of nitrogens with one attached hydrogen (secondary N) is 1. The van der Waals surface area contributed by atoms with Gasteiger partial charge in [0.05, 0.1) is 0 Å². The first-order valence-corrected chi connectivity index (χ1v) is 5.74. The quantitative estimate of drug-likeness (QED) is 0.755. The molecule has 0 saturated carbocycles. The van der Waals surface area contributed by atoms with Crippen LogP contribution in [0.25, 0.3) is 11.0 Å². The van der Waals surface area contributed by atoms with Crippen LogP contribution in [0, 0.1) is 0 Å². The van der Waals surface area contributed by atoms with Crippen LogP contribution in [-0.2, 0) is 25.9 Å². The molecule has 5 heteroatoms. The number of rotatable bonds is 2. The molecule has 4 nitrogen and oxygen atoms in total. The van der Waals surface area contributed by atoms with Gasteiger partial charge in [-0.3, -0.25) is 0 Å². The van der Waals surface area contributed by atoms with E-state index in [0.29, 0.717) is 0 Å². The van der Waals surface area contributed by atoms with E-state index in [9.17, 15) is 4.79 Å². The maximum atomic E-state index is 10.5. The van der Waals surface area contributed by atoms with Gasteiger partial charge in [-0.15, -0.1) is 0 Å². The van der Waals surface area contributed by atoms with Crippen molar-refractivity contribution in [1.29, 1.82) is 0 Å². The predicted molar refractivity (Wildman–Crippen MR) is 66.1 cm³/mol. The Morgan fingerprint density at radius 2 is 2.00 bits per heavy atom. The summed E-state index contributed by atoms with van der Waals surface area (Å²) in [6, 6.07) is 7.73. The molecule has 0 atom stereocenters. The standard InChI is InChI=1S/C13H13N2O2.W/c16-9-12-8-10-7-11(1-2-13(10)17-12)15-5-3-14-4-6-15;/h1-2,7-8,14H,3-6H2;/q-1;. The normalized spacial score (nSPS) is 15.4. The fourth-order valence-corrected chi connectivity index (χ4v) is 2.20. The summed E-state index contributed by atoms with van der Waals surface area (Å²) in [6.07, 6.45) is 1.78. The van der Waals surface area contributed by atoms with Gasteiger partial charge in [0.25, 0.3) is 0 Å². The summed E-state index contributed by atoms with van der Waals surface area (Å²) < 4.78 is 5.31. The minimum absolute atomic E-state index is 0. The van der Waals surface area contributed by atoms with Gasteiger partial charge >= 0.3 is 0 Å². The average molecular weight is 413 g/mol. The van der Waals surface area contributed by atoms with E-state index < -0.39 is 0 Å². The molecule has 94 valence electrons. The first kappa shape index (κ1) is 13.3. The number of furan rings is 1. The van der Waals surface area contributed by atoms with Crippen LogP contribution in [0.2, 0.25) is 0 Å². The predicted octanol–water partition coefficient (Wildman–Crippen LogP) is 1.30. The molecular formula is C13H13N2O2W-. The molecule has 0 amide bonds. The molecule has 2 aromatic rings. The maximum Gasteiger partial charge on any atom is 0.112 e. The first-order valence-electron chi connectivity index (χ1n) is 5.74. The molecule has 1 aliphatic rings. The van der Waals surface area contributed by atoms with E-state index in [0.717, 1.165) is 37.1 Å². The number of piperazine rings is 1. The summed E-state index contributed by atoms with van der Waals surface area (Å²) in [6.45, 7) is 4.04. The SMILES string of the molecule is O=[C-]c1cc2cc(N3CCNCC3)ccc2o1.[W]. The third-order valence-corrected chi connectivity index (χ3v) is 3.08. The van der Waals surface area contributed by atoms with E-state index in [1.165, 1.54) is 5.69 Å². The zero-order valence-electron chi connectivity index (χ0n) is 9.81. The van der Waals surface area contributed by atoms with E-state index in [-0.39, 0.29) is 26.8 Å². The molecule has 2 heterocycles. The molecule has 1 saturated heterocycles. The number of carbonyl (C=O) groups excluding carboxylic acids is 1. The number of fused-ring (bicyclic) bond motifs is 1. The van der Waals surface area contributed by atoms with Gasteiger partial charge < -0.3 is 19.4 Å². The van der Waals surface area contributed by atoms with Gasteiger partial charge in [0.1, 0.15) is 5.58 Å². The average Bonchev–Trinajstić information content (AvgIpc) is 2.81. The van der Waals surface area contributed by atoms with E-state index >= 15 is 0 Å². The summed E-state index contributed by atoms with van der Waals surface area (Å²) in [5.74, 6) is 0.262. The Morgan fingerprint density at radius 1 is 1.22 bits per heavy atom. The summed E-state index contributed by atoms with van der Waals surface area (Å²) in [5.41, 5.74) is 1.92. The van der Waals surface area contributed by atoms with Crippen LogP contribution in [-0.4, -0.2) is 32.5 Å². The number of nitrogens with zero attached hydrogens (tertiary/aromatic N) is 1. The minimum atomic E-state index is 0. The molecule has 1 aromatic heterocycles. The summed E-state index contributed by atoms with van der Waals surface area (Å²) >= 11 is 0. The molecule has 18 heavy (non-hydrogen) atoms. The Kier molecular flexibility index (Phi) is 4.20. The topological polar surface area (TPSA) is 45.5 Å². The van der Waals surface area contributed by atoms with Crippen LogP contribution in [0.5, 0.6) is 0 Å². The largest absolute Gasteiger partial charge is 0.493 e. The molecular weight excluding hydrogens is 400 g/mol. The van der Waals surface area contributed by atoms with E-state index in [4.69, 9.17) is 4.42 Å². The Balaban J connectivity index is 0.00000120. The van der Waals surface area contributed by atoms with Crippen LogP contribution in [0.4, 0.5) is 5.69 Å². The van der Waals surface area contributed by atoms with Crippen LogP contribution in [0.3, 0.4) is 0 Å². The molecule has 0 unspecified atom stereocenters. The van der Waals surface area contributed by atoms with Crippen molar-refractivity contribution in [2.75, 3.05) is 31.1 Å². The maximum absolute atomic E-state index is 10.5. The van der Waals surface area contributed by atoms with Gasteiger partial charge in [0, 0.05) is 65.0 Å². The van der Waals surface area contributed by atoms with Crippen LogP contribution >= 0.6 is 0 Å². The van der Waals surface area contributed by atoms with Crippen LogP contribution in [0.15, 0.2) is 28.7 Å². The summed E-state index contributed by atoms with van der Waals surface area (Å²) in [7, 11) is 0. The molecule has 1 aliphatic heterocycles. The molecule has 0 radical (unpaired) electrons. The molecule has 1 N–H and O–H groups in total. The molecule has 0 bridgehead atoms. The van der Waals surface area contributed by atoms with Crippen molar-refractivity contribution in [3.05, 3.63) is 30.0 Å². The second-order valence-corrected chi connectivity index (χ2v) is 4.17. The van der Waals surface area contributed by atoms with Gasteiger partial charge in [-0.25, -0.2) is 0 Å². The fraction of sp³-hybridized carbons (Fsp3) is 0.308. The smallest absolute Gasteiger partial charge is 0.112 e. The second-order valence-electron chi connectivity index (χ2n) is 4.17. The van der Waals surface area contributed by atoms with Crippen molar-refractivity contribution in [2.45, 2.75) is 0 Å². The van der Waals surface area contributed by atoms with Crippen molar-refractivity contribution in [3.8, 4) is 0 Å². The van der Waals surface area contributed by atoms with Gasteiger partial charge in [0.2, 0.25) is 0 Å². The number of hydrogen-bond acceptors (Lipinski definition) is 4. The molecule has 0 spiro atoms. The minimum Gasteiger partial charge on any atom is -0.493 e. The van der Waals surface area contributed by atoms with Crippen molar-refractivity contribution in [2.24, 2.45) is 0 Å². The van der Waals surface area contributed by atoms with Crippen molar-refractivity contribution in [1.82, 2.24) is 5.32 Å². The Bertz CT molecular complexity index is 547. The van der Waals surface area contributed by atoms with Crippen molar-refractivity contribution >= 4 is 22.9 Å². The van der Waals surface area contributed by atoms with Gasteiger partial charge in [-0.1, -0.05) is 5.39 Å². The second kappa shape index (κ2) is 5.68. The van der Waals surface area contributed by atoms with Crippen LogP contribution in [0.1, 0.15) is 5.76 Å². The number of benzene rings is 1. The van der Waals surface area contributed by atoms with Crippen molar-refractivity contribution < 1.29 is 30.3 Å². The summed E-state index contributed by atoms with van der Waals surface area (Å²) in [4.78, 5) is 12.9. The molecule has 1 fully saturated rings. The Hall–Kier alpha value is -1.12. The molecule has 3 rings (SSSR count). The Labute approximate surface area is 120 Å². The zero-order valence-corrected chi connectivity index (χ0v) is 12.7. The Morgan fingerprint density at radius 3 is 2.72 bits per heavy atom. The van der Waals surface area contributed by atoms with Gasteiger partial charge in [-0.2, -0.15) is 6.07 Å².